The Balaban J connectivity index is 2.29. The van der Waals surface area contributed by atoms with Crippen LogP contribution in [-0.2, 0) is 0 Å². The number of likely N-dealkylation sites (N-methyl/N-ethyl adjacent to an activating group) is 1. The van der Waals surface area contributed by atoms with Crippen molar-refractivity contribution in [1.82, 2.24) is 4.90 Å². The van der Waals surface area contributed by atoms with E-state index in [-0.39, 0.29) is 5.75 Å². The van der Waals surface area contributed by atoms with Gasteiger partial charge in [-0.3, -0.25) is 0 Å². The summed E-state index contributed by atoms with van der Waals surface area (Å²) in [6.07, 6.45) is 3.20. The normalized spacial score (nSPS) is 17.6. The van der Waals surface area contributed by atoms with E-state index in [0.29, 0.717) is 5.02 Å². The van der Waals surface area contributed by atoms with Crippen LogP contribution in [0.25, 0.3) is 5.57 Å². The fraction of sp³-hybridized carbons (Fsp3) is 0.333. The third-order valence-electron chi connectivity index (χ3n) is 2.67. The van der Waals surface area contributed by atoms with Gasteiger partial charge in [-0.2, -0.15) is 0 Å². The van der Waals surface area contributed by atoms with Crippen molar-refractivity contribution in [2.75, 3.05) is 20.1 Å². The first-order chi connectivity index (χ1) is 7.15. The summed E-state index contributed by atoms with van der Waals surface area (Å²) >= 11 is 5.90. The Morgan fingerprint density at radius 1 is 1.33 bits per heavy atom. The van der Waals surface area contributed by atoms with E-state index < -0.39 is 0 Å². The third-order valence-corrected chi connectivity index (χ3v) is 2.88. The van der Waals surface area contributed by atoms with Crippen molar-refractivity contribution in [1.29, 1.82) is 0 Å². The standard InChI is InChI=1S/C12H14ClNO/c1-14-4-2-9(3-5-14)10-6-11(13)8-12(15)7-10/h2,6-8,15H,3-5H2,1H3. The molecular formula is C12H14ClNO. The number of hydrogen-bond donors (Lipinski definition) is 1. The highest BCUT2D eigenvalue weighted by molar-refractivity contribution is 6.30. The second-order valence-electron chi connectivity index (χ2n) is 3.94. The van der Waals surface area contributed by atoms with Gasteiger partial charge in [-0.25, -0.2) is 0 Å². The number of benzene rings is 1. The van der Waals surface area contributed by atoms with Crippen molar-refractivity contribution in [2.45, 2.75) is 6.42 Å². The molecule has 0 unspecified atom stereocenters. The van der Waals surface area contributed by atoms with Gasteiger partial charge in [-0.1, -0.05) is 17.7 Å². The molecular weight excluding hydrogens is 210 g/mol. The van der Waals surface area contributed by atoms with E-state index in [4.69, 9.17) is 11.6 Å². The molecule has 0 saturated carbocycles. The van der Waals surface area contributed by atoms with Crippen LogP contribution < -0.4 is 0 Å². The van der Waals surface area contributed by atoms with Crippen LogP contribution in [0.4, 0.5) is 0 Å². The predicted molar refractivity (Wildman–Crippen MR) is 63.2 cm³/mol. The first kappa shape index (κ1) is 10.5. The van der Waals surface area contributed by atoms with Crippen molar-refractivity contribution in [2.24, 2.45) is 0 Å². The second-order valence-corrected chi connectivity index (χ2v) is 4.38. The van der Waals surface area contributed by atoms with Crippen LogP contribution in [-0.4, -0.2) is 30.1 Å². The van der Waals surface area contributed by atoms with Gasteiger partial charge in [0.1, 0.15) is 5.75 Å². The van der Waals surface area contributed by atoms with Gasteiger partial charge in [-0.15, -0.1) is 0 Å². The van der Waals surface area contributed by atoms with E-state index in [1.165, 1.54) is 5.57 Å². The van der Waals surface area contributed by atoms with Crippen LogP contribution in [0.3, 0.4) is 0 Å². The first-order valence-corrected chi connectivity index (χ1v) is 5.40. The lowest BCUT2D eigenvalue weighted by atomic mass is 9.99. The van der Waals surface area contributed by atoms with Crippen LogP contribution in [0.5, 0.6) is 5.75 Å². The monoisotopic (exact) mass is 223 g/mol. The van der Waals surface area contributed by atoms with Crippen molar-refractivity contribution in [3.05, 3.63) is 34.9 Å². The minimum Gasteiger partial charge on any atom is -0.508 e. The van der Waals surface area contributed by atoms with Crippen LogP contribution in [0.1, 0.15) is 12.0 Å². The molecule has 0 aliphatic carbocycles. The number of rotatable bonds is 1. The molecule has 1 N–H and O–H groups in total. The molecule has 0 atom stereocenters. The molecule has 1 aliphatic heterocycles. The molecule has 0 amide bonds. The van der Waals surface area contributed by atoms with E-state index in [1.807, 2.05) is 6.07 Å². The zero-order valence-corrected chi connectivity index (χ0v) is 9.46. The van der Waals surface area contributed by atoms with E-state index in [0.717, 1.165) is 25.1 Å². The average Bonchev–Trinajstić information content (AvgIpc) is 2.17. The lowest BCUT2D eigenvalue weighted by Gasteiger charge is -2.22. The van der Waals surface area contributed by atoms with Gasteiger partial charge in [0.25, 0.3) is 0 Å². The lowest BCUT2D eigenvalue weighted by molar-refractivity contribution is 0.370. The van der Waals surface area contributed by atoms with Gasteiger partial charge >= 0.3 is 0 Å². The first-order valence-electron chi connectivity index (χ1n) is 5.02. The molecule has 0 fully saturated rings. The highest BCUT2D eigenvalue weighted by Gasteiger charge is 2.10. The average molecular weight is 224 g/mol. The number of phenols is 1. The van der Waals surface area contributed by atoms with Gasteiger partial charge in [-0.05, 0) is 42.8 Å². The van der Waals surface area contributed by atoms with Gasteiger partial charge < -0.3 is 10.0 Å². The molecule has 2 nitrogen and oxygen atoms in total. The summed E-state index contributed by atoms with van der Waals surface area (Å²) in [5.41, 5.74) is 2.30. The highest BCUT2D eigenvalue weighted by Crippen LogP contribution is 2.28. The van der Waals surface area contributed by atoms with Crippen molar-refractivity contribution >= 4 is 17.2 Å². The molecule has 1 aliphatic rings. The van der Waals surface area contributed by atoms with Gasteiger partial charge in [0.2, 0.25) is 0 Å². The number of phenolic OH excluding ortho intramolecular Hbond substituents is 1. The molecule has 1 aromatic rings. The van der Waals surface area contributed by atoms with Crippen LogP contribution in [0, 0.1) is 0 Å². The molecule has 0 aromatic heterocycles. The van der Waals surface area contributed by atoms with Crippen LogP contribution in [0.15, 0.2) is 24.3 Å². The minimum atomic E-state index is 0.234. The molecule has 0 bridgehead atoms. The molecule has 1 heterocycles. The van der Waals surface area contributed by atoms with Gasteiger partial charge in [0.15, 0.2) is 0 Å². The summed E-state index contributed by atoms with van der Waals surface area (Å²) < 4.78 is 0. The van der Waals surface area contributed by atoms with Crippen LogP contribution >= 0.6 is 11.6 Å². The minimum absolute atomic E-state index is 0.234. The maximum atomic E-state index is 9.45. The maximum absolute atomic E-state index is 9.45. The van der Waals surface area contributed by atoms with Crippen LogP contribution in [0.2, 0.25) is 5.02 Å². The molecule has 15 heavy (non-hydrogen) atoms. The summed E-state index contributed by atoms with van der Waals surface area (Å²) in [7, 11) is 2.10. The SMILES string of the molecule is CN1CC=C(c2cc(O)cc(Cl)c2)CC1. The molecule has 80 valence electrons. The fourth-order valence-corrected chi connectivity index (χ4v) is 2.02. The number of halogens is 1. The van der Waals surface area contributed by atoms with E-state index in [1.54, 1.807) is 12.1 Å². The summed E-state index contributed by atoms with van der Waals surface area (Å²) in [5, 5.41) is 10.0. The Morgan fingerprint density at radius 3 is 2.73 bits per heavy atom. The molecule has 0 spiro atoms. The molecule has 3 heteroatoms. The molecule has 1 aromatic carbocycles. The van der Waals surface area contributed by atoms with E-state index in [2.05, 4.69) is 18.0 Å². The summed E-state index contributed by atoms with van der Waals surface area (Å²) in [6, 6.07) is 5.22. The predicted octanol–water partition coefficient (Wildman–Crippen LogP) is 2.76. The number of nitrogens with zero attached hydrogens (tertiary/aromatic N) is 1. The summed E-state index contributed by atoms with van der Waals surface area (Å²) in [6.45, 7) is 2.02. The highest BCUT2D eigenvalue weighted by atomic mass is 35.5. The topological polar surface area (TPSA) is 23.5 Å². The Kier molecular flexibility index (Phi) is 2.98. The zero-order chi connectivity index (χ0) is 10.8. The maximum Gasteiger partial charge on any atom is 0.117 e. The lowest BCUT2D eigenvalue weighted by Crippen LogP contribution is -2.23. The smallest absolute Gasteiger partial charge is 0.117 e. The fourth-order valence-electron chi connectivity index (χ4n) is 1.79. The zero-order valence-electron chi connectivity index (χ0n) is 8.70. The van der Waals surface area contributed by atoms with E-state index >= 15 is 0 Å². The van der Waals surface area contributed by atoms with E-state index in [9.17, 15) is 5.11 Å². The number of hydrogen-bond acceptors (Lipinski definition) is 2. The van der Waals surface area contributed by atoms with Gasteiger partial charge in [0.05, 0.1) is 0 Å². The van der Waals surface area contributed by atoms with Crippen molar-refractivity contribution < 1.29 is 5.11 Å². The second kappa shape index (κ2) is 4.25. The quantitative estimate of drug-likeness (QED) is 0.792. The molecule has 2 rings (SSSR count). The van der Waals surface area contributed by atoms with Gasteiger partial charge in [0, 0.05) is 18.1 Å². The molecule has 0 radical (unpaired) electrons. The van der Waals surface area contributed by atoms with Crippen molar-refractivity contribution in [3.8, 4) is 5.75 Å². The number of aromatic hydroxyl groups is 1. The summed E-state index contributed by atoms with van der Waals surface area (Å²) in [4.78, 5) is 2.26. The Labute approximate surface area is 94.8 Å². The largest absolute Gasteiger partial charge is 0.508 e. The van der Waals surface area contributed by atoms with Crippen molar-refractivity contribution in [3.63, 3.8) is 0 Å². The summed E-state index contributed by atoms with van der Waals surface area (Å²) in [5.74, 6) is 0.234. The Morgan fingerprint density at radius 2 is 2.13 bits per heavy atom. The Bertz CT molecular complexity index is 380. The molecule has 0 saturated heterocycles. The Hall–Kier alpha value is -0.990. The third kappa shape index (κ3) is 2.52.